The van der Waals surface area contributed by atoms with E-state index in [0.717, 1.165) is 22.9 Å². The lowest BCUT2D eigenvalue weighted by atomic mass is 10.2. The van der Waals surface area contributed by atoms with Crippen molar-refractivity contribution in [2.24, 2.45) is 0 Å². The van der Waals surface area contributed by atoms with E-state index in [1.165, 1.54) is 16.9 Å². The van der Waals surface area contributed by atoms with Crippen molar-refractivity contribution in [1.82, 2.24) is 10.3 Å². The highest BCUT2D eigenvalue weighted by Crippen LogP contribution is 2.21. The number of furan rings is 1. The van der Waals surface area contributed by atoms with E-state index < -0.39 is 0 Å². The number of nitrogens with one attached hydrogen (secondary N) is 1. The Balaban J connectivity index is 1.67. The van der Waals surface area contributed by atoms with Gasteiger partial charge in [0.05, 0.1) is 23.5 Å². The van der Waals surface area contributed by atoms with Gasteiger partial charge in [0.1, 0.15) is 10.6 Å². The molecule has 0 saturated carbocycles. The maximum absolute atomic E-state index is 12.2. The van der Waals surface area contributed by atoms with Crippen molar-refractivity contribution in [1.29, 1.82) is 0 Å². The molecule has 1 aromatic carbocycles. The van der Waals surface area contributed by atoms with E-state index in [1.807, 2.05) is 31.2 Å². The number of amides is 1. The highest BCUT2D eigenvalue weighted by Gasteiger charge is 2.15. The Kier molecular flexibility index (Phi) is 4.34. The van der Waals surface area contributed by atoms with E-state index in [4.69, 9.17) is 4.42 Å². The summed E-state index contributed by atoms with van der Waals surface area (Å²) in [4.78, 5) is 17.4. The SMILES string of the molecule is Cc1nc(Cc2ccccc2)sc1C(=O)NCc1ccco1. The number of aryl methyl sites for hydroxylation is 1. The van der Waals surface area contributed by atoms with E-state index in [0.29, 0.717) is 11.4 Å². The quantitative estimate of drug-likeness (QED) is 0.783. The average Bonchev–Trinajstić information content (AvgIpc) is 3.16. The number of carbonyl (C=O) groups is 1. The molecule has 0 aliphatic heterocycles. The second-order valence-corrected chi connectivity index (χ2v) is 6.03. The van der Waals surface area contributed by atoms with Crippen LogP contribution >= 0.6 is 11.3 Å². The van der Waals surface area contributed by atoms with Gasteiger partial charge >= 0.3 is 0 Å². The molecule has 0 radical (unpaired) electrons. The number of carbonyl (C=O) groups excluding carboxylic acids is 1. The standard InChI is InChI=1S/C17H16N2O2S/c1-12-16(17(20)18-11-14-8-5-9-21-14)22-15(19-12)10-13-6-3-2-4-7-13/h2-9H,10-11H2,1H3,(H,18,20). The summed E-state index contributed by atoms with van der Waals surface area (Å²) in [7, 11) is 0. The second kappa shape index (κ2) is 6.58. The van der Waals surface area contributed by atoms with Crippen LogP contribution in [0.25, 0.3) is 0 Å². The highest BCUT2D eigenvalue weighted by molar-refractivity contribution is 7.13. The lowest BCUT2D eigenvalue weighted by Crippen LogP contribution is -2.22. The Bertz CT molecular complexity index is 748. The molecular weight excluding hydrogens is 296 g/mol. The molecule has 5 heteroatoms. The van der Waals surface area contributed by atoms with Crippen molar-refractivity contribution < 1.29 is 9.21 Å². The molecule has 0 saturated heterocycles. The molecule has 3 aromatic rings. The molecule has 3 rings (SSSR count). The van der Waals surface area contributed by atoms with Crippen molar-refractivity contribution in [3.63, 3.8) is 0 Å². The van der Waals surface area contributed by atoms with Crippen LogP contribution in [0.1, 0.15) is 31.7 Å². The first-order valence-corrected chi connectivity index (χ1v) is 7.85. The van der Waals surface area contributed by atoms with Crippen molar-refractivity contribution in [3.05, 3.63) is 75.6 Å². The number of hydrogen-bond acceptors (Lipinski definition) is 4. The summed E-state index contributed by atoms with van der Waals surface area (Å²) in [5.41, 5.74) is 1.96. The lowest BCUT2D eigenvalue weighted by Gasteiger charge is -2.01. The Morgan fingerprint density at radius 2 is 2.05 bits per heavy atom. The Labute approximate surface area is 132 Å². The van der Waals surface area contributed by atoms with Gasteiger partial charge in [-0.05, 0) is 24.6 Å². The first-order chi connectivity index (χ1) is 10.7. The zero-order chi connectivity index (χ0) is 15.4. The lowest BCUT2D eigenvalue weighted by molar-refractivity contribution is 0.0951. The summed E-state index contributed by atoms with van der Waals surface area (Å²) in [6, 6.07) is 13.8. The summed E-state index contributed by atoms with van der Waals surface area (Å²) in [5.74, 6) is 0.630. The Morgan fingerprint density at radius 1 is 1.23 bits per heavy atom. The smallest absolute Gasteiger partial charge is 0.263 e. The molecule has 0 fully saturated rings. The average molecular weight is 312 g/mol. The van der Waals surface area contributed by atoms with Crippen LogP contribution in [0.2, 0.25) is 0 Å². The normalized spacial score (nSPS) is 10.6. The number of benzene rings is 1. The molecule has 112 valence electrons. The van der Waals surface area contributed by atoms with Gasteiger partial charge in [-0.15, -0.1) is 11.3 Å². The highest BCUT2D eigenvalue weighted by atomic mass is 32.1. The van der Waals surface area contributed by atoms with Gasteiger partial charge in [-0.2, -0.15) is 0 Å². The summed E-state index contributed by atoms with van der Waals surface area (Å²) in [6.07, 6.45) is 2.34. The maximum Gasteiger partial charge on any atom is 0.263 e. The third-order valence-corrected chi connectivity index (χ3v) is 4.40. The summed E-state index contributed by atoms with van der Waals surface area (Å²) >= 11 is 1.45. The molecular formula is C17H16N2O2S. The fraction of sp³-hybridized carbons (Fsp3) is 0.176. The van der Waals surface area contributed by atoms with Gasteiger partial charge in [-0.1, -0.05) is 30.3 Å². The van der Waals surface area contributed by atoms with Crippen LogP contribution in [0, 0.1) is 6.92 Å². The molecule has 0 aliphatic carbocycles. The first-order valence-electron chi connectivity index (χ1n) is 7.03. The monoisotopic (exact) mass is 312 g/mol. The molecule has 0 atom stereocenters. The number of rotatable bonds is 5. The zero-order valence-corrected chi connectivity index (χ0v) is 13.0. The van der Waals surface area contributed by atoms with Crippen LogP contribution in [-0.2, 0) is 13.0 Å². The number of hydrogen-bond donors (Lipinski definition) is 1. The predicted octanol–water partition coefficient (Wildman–Crippen LogP) is 3.57. The summed E-state index contributed by atoms with van der Waals surface area (Å²) < 4.78 is 5.21. The second-order valence-electron chi connectivity index (χ2n) is 4.95. The van der Waals surface area contributed by atoms with Crippen LogP contribution in [0.5, 0.6) is 0 Å². The van der Waals surface area contributed by atoms with E-state index in [1.54, 1.807) is 12.3 Å². The fourth-order valence-electron chi connectivity index (χ4n) is 2.17. The molecule has 0 bridgehead atoms. The maximum atomic E-state index is 12.2. The van der Waals surface area contributed by atoms with Gasteiger partial charge in [0.15, 0.2) is 0 Å². The molecule has 0 spiro atoms. The minimum Gasteiger partial charge on any atom is -0.467 e. The Morgan fingerprint density at radius 3 is 2.77 bits per heavy atom. The molecule has 4 nitrogen and oxygen atoms in total. The van der Waals surface area contributed by atoms with Gasteiger partial charge < -0.3 is 9.73 Å². The van der Waals surface area contributed by atoms with Crippen molar-refractivity contribution in [3.8, 4) is 0 Å². The van der Waals surface area contributed by atoms with Gasteiger partial charge in [-0.25, -0.2) is 4.98 Å². The van der Waals surface area contributed by atoms with Crippen LogP contribution in [0.3, 0.4) is 0 Å². The van der Waals surface area contributed by atoms with E-state index in [-0.39, 0.29) is 5.91 Å². The molecule has 1 N–H and O–H groups in total. The topological polar surface area (TPSA) is 55.1 Å². The van der Waals surface area contributed by atoms with Gasteiger partial charge in [0, 0.05) is 6.42 Å². The van der Waals surface area contributed by atoms with E-state index in [9.17, 15) is 4.79 Å². The number of nitrogens with zero attached hydrogens (tertiary/aromatic N) is 1. The minimum atomic E-state index is -0.106. The Hall–Kier alpha value is -2.40. The molecule has 2 heterocycles. The van der Waals surface area contributed by atoms with Crippen molar-refractivity contribution in [2.75, 3.05) is 0 Å². The minimum absolute atomic E-state index is 0.106. The van der Waals surface area contributed by atoms with Crippen LogP contribution < -0.4 is 5.32 Å². The zero-order valence-electron chi connectivity index (χ0n) is 12.2. The van der Waals surface area contributed by atoms with Crippen LogP contribution in [0.15, 0.2) is 53.1 Å². The molecule has 1 amide bonds. The first kappa shape index (κ1) is 14.5. The summed E-state index contributed by atoms with van der Waals surface area (Å²) in [5, 5.41) is 3.81. The van der Waals surface area contributed by atoms with E-state index >= 15 is 0 Å². The third kappa shape index (κ3) is 3.43. The van der Waals surface area contributed by atoms with Gasteiger partial charge in [0.2, 0.25) is 0 Å². The molecule has 0 aliphatic rings. The van der Waals surface area contributed by atoms with Crippen LogP contribution in [0.4, 0.5) is 0 Å². The van der Waals surface area contributed by atoms with Crippen molar-refractivity contribution in [2.45, 2.75) is 19.9 Å². The number of aromatic nitrogens is 1. The largest absolute Gasteiger partial charge is 0.467 e. The third-order valence-electron chi connectivity index (χ3n) is 3.25. The summed E-state index contributed by atoms with van der Waals surface area (Å²) in [6.45, 7) is 2.25. The van der Waals surface area contributed by atoms with Crippen molar-refractivity contribution >= 4 is 17.2 Å². The van der Waals surface area contributed by atoms with Crippen LogP contribution in [-0.4, -0.2) is 10.9 Å². The fourth-order valence-corrected chi connectivity index (χ4v) is 3.19. The molecule has 2 aromatic heterocycles. The van der Waals surface area contributed by atoms with Gasteiger partial charge in [0.25, 0.3) is 5.91 Å². The number of thiazole rings is 1. The van der Waals surface area contributed by atoms with Gasteiger partial charge in [-0.3, -0.25) is 4.79 Å². The molecule has 0 unspecified atom stereocenters. The predicted molar refractivity (Wildman–Crippen MR) is 86.0 cm³/mol. The van der Waals surface area contributed by atoms with E-state index in [2.05, 4.69) is 22.4 Å². The molecule has 22 heavy (non-hydrogen) atoms.